The lowest BCUT2D eigenvalue weighted by atomic mass is 10.1. The molecule has 1 aromatic rings. The monoisotopic (exact) mass is 280 g/mol. The molecule has 5 nitrogen and oxygen atoms in total. The number of aromatic nitrogens is 1. The van der Waals surface area contributed by atoms with Crippen LogP contribution in [0.2, 0.25) is 0 Å². The van der Waals surface area contributed by atoms with Gasteiger partial charge in [-0.3, -0.25) is 4.90 Å². The highest BCUT2D eigenvalue weighted by molar-refractivity contribution is 9.10. The second-order valence-electron chi connectivity index (χ2n) is 3.51. The molecule has 0 spiro atoms. The van der Waals surface area contributed by atoms with E-state index in [4.69, 9.17) is 11.0 Å². The van der Waals surface area contributed by atoms with E-state index in [0.717, 1.165) is 18.4 Å². The van der Waals surface area contributed by atoms with Crippen LogP contribution >= 0.6 is 15.9 Å². The number of hydrogen-bond acceptors (Lipinski definition) is 3. The molecular weight excluding hydrogens is 272 g/mol. The molecule has 0 radical (unpaired) electrons. The Labute approximate surface area is 101 Å². The fourth-order valence-corrected chi connectivity index (χ4v) is 2.21. The van der Waals surface area contributed by atoms with Crippen LogP contribution in [0.4, 0.5) is 10.6 Å². The number of pyridine rings is 1. The minimum Gasteiger partial charge on any atom is -0.351 e. The Balaban J connectivity index is 2.56. The maximum absolute atomic E-state index is 11.2. The molecule has 1 aromatic heterocycles. The van der Waals surface area contributed by atoms with Crippen LogP contribution in [0.25, 0.3) is 0 Å². The van der Waals surface area contributed by atoms with Gasteiger partial charge in [-0.25, -0.2) is 9.78 Å². The molecule has 0 unspecified atom stereocenters. The smallest absolute Gasteiger partial charge is 0.320 e. The van der Waals surface area contributed by atoms with Crippen molar-refractivity contribution in [3.8, 4) is 6.07 Å². The van der Waals surface area contributed by atoms with Gasteiger partial charge in [0.15, 0.2) is 5.69 Å². The van der Waals surface area contributed by atoms with Crippen molar-refractivity contribution in [2.24, 2.45) is 5.73 Å². The highest BCUT2D eigenvalue weighted by Crippen LogP contribution is 2.29. The topological polar surface area (TPSA) is 83.0 Å². The quantitative estimate of drug-likeness (QED) is 0.783. The number of fused-ring (bicyclic) bond motifs is 1. The van der Waals surface area contributed by atoms with Crippen LogP contribution in [-0.2, 0) is 6.42 Å². The molecule has 2 heterocycles. The van der Waals surface area contributed by atoms with Crippen molar-refractivity contribution in [1.82, 2.24) is 4.98 Å². The SMILES string of the molecule is N#Cc1nc2c(cc1Br)CCCN2C(N)=O. The number of primary amides is 1. The summed E-state index contributed by atoms with van der Waals surface area (Å²) in [6, 6.07) is 3.27. The first-order valence-electron chi connectivity index (χ1n) is 4.80. The van der Waals surface area contributed by atoms with Gasteiger partial charge in [-0.1, -0.05) is 0 Å². The van der Waals surface area contributed by atoms with Gasteiger partial charge in [0.25, 0.3) is 0 Å². The van der Waals surface area contributed by atoms with Crippen molar-refractivity contribution in [3.05, 3.63) is 21.8 Å². The molecule has 1 aliphatic rings. The first kappa shape index (κ1) is 10.9. The Hall–Kier alpha value is -1.61. The van der Waals surface area contributed by atoms with Gasteiger partial charge in [-0.05, 0) is 40.4 Å². The van der Waals surface area contributed by atoms with E-state index in [1.165, 1.54) is 4.90 Å². The Morgan fingerprint density at radius 2 is 2.44 bits per heavy atom. The Bertz CT molecular complexity index is 494. The summed E-state index contributed by atoms with van der Waals surface area (Å²) in [4.78, 5) is 16.8. The number of nitriles is 1. The number of nitrogens with zero attached hydrogens (tertiary/aromatic N) is 3. The Kier molecular flexibility index (Phi) is 2.79. The van der Waals surface area contributed by atoms with Crippen LogP contribution in [0.15, 0.2) is 10.5 Å². The second kappa shape index (κ2) is 4.10. The zero-order valence-electron chi connectivity index (χ0n) is 8.40. The summed E-state index contributed by atoms with van der Waals surface area (Å²) in [6.45, 7) is 0.557. The molecule has 0 fully saturated rings. The third kappa shape index (κ3) is 1.74. The third-order valence-corrected chi connectivity index (χ3v) is 3.09. The van der Waals surface area contributed by atoms with Crippen LogP contribution < -0.4 is 10.6 Å². The number of aryl methyl sites for hydroxylation is 1. The number of carbonyl (C=O) groups excluding carboxylic acids is 1. The molecule has 82 valence electrons. The summed E-state index contributed by atoms with van der Waals surface area (Å²) in [6.07, 6.45) is 1.70. The van der Waals surface area contributed by atoms with Crippen molar-refractivity contribution in [2.75, 3.05) is 11.4 Å². The molecule has 2 amide bonds. The third-order valence-electron chi connectivity index (χ3n) is 2.49. The van der Waals surface area contributed by atoms with Crippen molar-refractivity contribution in [2.45, 2.75) is 12.8 Å². The zero-order valence-corrected chi connectivity index (χ0v) is 9.99. The molecule has 6 heteroatoms. The number of nitrogens with two attached hydrogens (primary N) is 1. The number of anilines is 1. The van der Waals surface area contributed by atoms with Crippen LogP contribution in [-0.4, -0.2) is 17.6 Å². The summed E-state index contributed by atoms with van der Waals surface area (Å²) in [5.74, 6) is 0.513. The highest BCUT2D eigenvalue weighted by atomic mass is 79.9. The maximum Gasteiger partial charge on any atom is 0.320 e. The van der Waals surface area contributed by atoms with E-state index >= 15 is 0 Å². The number of urea groups is 1. The molecule has 0 bridgehead atoms. The van der Waals surface area contributed by atoms with Crippen molar-refractivity contribution < 1.29 is 4.79 Å². The second-order valence-corrected chi connectivity index (χ2v) is 4.36. The maximum atomic E-state index is 11.2. The summed E-state index contributed by atoms with van der Waals surface area (Å²) in [5, 5.41) is 8.87. The van der Waals surface area contributed by atoms with E-state index in [1.807, 2.05) is 12.1 Å². The van der Waals surface area contributed by atoms with E-state index in [1.54, 1.807) is 0 Å². The molecule has 0 aliphatic carbocycles. The first-order chi connectivity index (χ1) is 7.63. The Morgan fingerprint density at radius 1 is 1.69 bits per heavy atom. The van der Waals surface area contributed by atoms with Gasteiger partial charge in [0.05, 0.1) is 4.47 Å². The Morgan fingerprint density at radius 3 is 3.06 bits per heavy atom. The van der Waals surface area contributed by atoms with Gasteiger partial charge in [0, 0.05) is 6.54 Å². The number of amides is 2. The van der Waals surface area contributed by atoms with Crippen LogP contribution in [0.5, 0.6) is 0 Å². The van der Waals surface area contributed by atoms with E-state index in [-0.39, 0.29) is 5.69 Å². The molecule has 0 saturated heterocycles. The normalized spacial score (nSPS) is 14.1. The van der Waals surface area contributed by atoms with Gasteiger partial charge in [0.1, 0.15) is 11.9 Å². The zero-order chi connectivity index (χ0) is 11.7. The summed E-state index contributed by atoms with van der Waals surface area (Å²) in [5.41, 5.74) is 6.47. The molecule has 2 rings (SSSR count). The summed E-state index contributed by atoms with van der Waals surface area (Å²) in [7, 11) is 0. The van der Waals surface area contributed by atoms with Crippen molar-refractivity contribution >= 4 is 27.8 Å². The van der Waals surface area contributed by atoms with E-state index in [9.17, 15) is 4.79 Å². The predicted molar refractivity (Wildman–Crippen MR) is 61.9 cm³/mol. The lowest BCUT2D eigenvalue weighted by molar-refractivity contribution is 0.253. The fourth-order valence-electron chi connectivity index (χ4n) is 1.76. The number of hydrogen-bond donors (Lipinski definition) is 1. The number of carbonyl (C=O) groups is 1. The summed E-state index contributed by atoms with van der Waals surface area (Å²) < 4.78 is 0.653. The van der Waals surface area contributed by atoms with Gasteiger partial charge in [0.2, 0.25) is 0 Å². The minimum absolute atomic E-state index is 0.270. The van der Waals surface area contributed by atoms with Crippen molar-refractivity contribution in [3.63, 3.8) is 0 Å². The van der Waals surface area contributed by atoms with Crippen molar-refractivity contribution in [1.29, 1.82) is 5.26 Å². The number of halogens is 1. The minimum atomic E-state index is -0.528. The van der Waals surface area contributed by atoms with Gasteiger partial charge >= 0.3 is 6.03 Å². The lowest BCUT2D eigenvalue weighted by Crippen LogP contribution is -2.40. The first-order valence-corrected chi connectivity index (χ1v) is 5.59. The number of rotatable bonds is 0. The van der Waals surface area contributed by atoms with Gasteiger partial charge < -0.3 is 5.73 Å². The van der Waals surface area contributed by atoms with Gasteiger partial charge in [-0.15, -0.1) is 0 Å². The predicted octanol–water partition coefficient (Wildman–Crippen LogP) is 1.55. The fraction of sp³-hybridized carbons (Fsp3) is 0.300. The molecule has 0 atom stereocenters. The van der Waals surface area contributed by atoms with E-state index in [2.05, 4.69) is 20.9 Å². The highest BCUT2D eigenvalue weighted by Gasteiger charge is 2.23. The van der Waals surface area contributed by atoms with E-state index in [0.29, 0.717) is 16.8 Å². The molecule has 0 saturated carbocycles. The van der Waals surface area contributed by atoms with Crippen LogP contribution in [0.1, 0.15) is 17.7 Å². The average Bonchev–Trinajstić information content (AvgIpc) is 2.26. The summed E-state index contributed by atoms with van der Waals surface area (Å²) >= 11 is 3.27. The largest absolute Gasteiger partial charge is 0.351 e. The standard InChI is InChI=1S/C10H9BrN4O/c11-7-4-6-2-1-3-15(10(13)16)9(6)14-8(7)5-12/h4H,1-3H2,(H2,13,16). The molecular formula is C10H9BrN4O. The van der Waals surface area contributed by atoms with Gasteiger partial charge in [-0.2, -0.15) is 5.26 Å². The molecule has 0 aromatic carbocycles. The van der Waals surface area contributed by atoms with Crippen LogP contribution in [0, 0.1) is 11.3 Å². The molecule has 1 aliphatic heterocycles. The molecule has 2 N–H and O–H groups in total. The van der Waals surface area contributed by atoms with Crippen LogP contribution in [0.3, 0.4) is 0 Å². The molecule has 16 heavy (non-hydrogen) atoms. The average molecular weight is 281 g/mol. The van der Waals surface area contributed by atoms with E-state index < -0.39 is 6.03 Å². The lowest BCUT2D eigenvalue weighted by Gasteiger charge is -2.26.